The zero-order valence-corrected chi connectivity index (χ0v) is 13.0. The van der Waals surface area contributed by atoms with E-state index >= 15 is 0 Å². The molecule has 1 unspecified atom stereocenters. The first-order valence-corrected chi connectivity index (χ1v) is 8.04. The first kappa shape index (κ1) is 16.1. The number of rotatable bonds is 7. The van der Waals surface area contributed by atoms with E-state index in [-0.39, 0.29) is 17.8 Å². The number of aromatic nitrogens is 1. The highest BCUT2D eigenvalue weighted by Gasteiger charge is 2.21. The number of nitrogens with one attached hydrogen (secondary N) is 2. The van der Waals surface area contributed by atoms with Crippen molar-refractivity contribution in [1.29, 1.82) is 0 Å². The van der Waals surface area contributed by atoms with Gasteiger partial charge in [-0.15, -0.1) is 0 Å². The van der Waals surface area contributed by atoms with Crippen molar-refractivity contribution < 1.29 is 12.9 Å². The molecule has 0 amide bonds. The third kappa shape index (κ3) is 4.93. The van der Waals surface area contributed by atoms with E-state index in [1.807, 2.05) is 13.8 Å². The molecule has 0 fully saturated rings. The molecule has 6 nitrogen and oxygen atoms in total. The van der Waals surface area contributed by atoms with Crippen LogP contribution in [0.25, 0.3) is 0 Å². The van der Waals surface area contributed by atoms with Crippen LogP contribution < -0.4 is 10.0 Å². The summed E-state index contributed by atoms with van der Waals surface area (Å²) in [5.74, 6) is 0.701. The second-order valence-electron chi connectivity index (χ2n) is 5.01. The van der Waals surface area contributed by atoms with E-state index < -0.39 is 10.0 Å². The number of nitrogens with zero attached hydrogens (tertiary/aromatic N) is 1. The SMILES string of the molecule is Cc1noc(C)c1C(C)NS(=O)(=O)CCNC(C)C. The lowest BCUT2D eigenvalue weighted by Gasteiger charge is -2.15. The third-order valence-corrected chi connectivity index (χ3v) is 4.26. The van der Waals surface area contributed by atoms with Crippen molar-refractivity contribution in [2.24, 2.45) is 0 Å². The van der Waals surface area contributed by atoms with Crippen LogP contribution in [-0.2, 0) is 10.0 Å². The summed E-state index contributed by atoms with van der Waals surface area (Å²) in [7, 11) is -3.32. The monoisotopic (exact) mass is 289 g/mol. The van der Waals surface area contributed by atoms with Crippen LogP contribution in [0.5, 0.6) is 0 Å². The van der Waals surface area contributed by atoms with E-state index in [0.29, 0.717) is 18.0 Å². The lowest BCUT2D eigenvalue weighted by molar-refractivity contribution is 0.391. The molecule has 1 aromatic heterocycles. The van der Waals surface area contributed by atoms with E-state index in [9.17, 15) is 8.42 Å². The van der Waals surface area contributed by atoms with Gasteiger partial charge in [-0.05, 0) is 20.8 Å². The molecule has 7 heteroatoms. The minimum atomic E-state index is -3.32. The molecule has 19 heavy (non-hydrogen) atoms. The van der Waals surface area contributed by atoms with Crippen LogP contribution in [0.1, 0.15) is 43.8 Å². The van der Waals surface area contributed by atoms with Gasteiger partial charge >= 0.3 is 0 Å². The highest BCUT2D eigenvalue weighted by atomic mass is 32.2. The summed E-state index contributed by atoms with van der Waals surface area (Å²) in [5, 5.41) is 6.91. The minimum Gasteiger partial charge on any atom is -0.361 e. The summed E-state index contributed by atoms with van der Waals surface area (Å²) >= 11 is 0. The van der Waals surface area contributed by atoms with E-state index in [1.165, 1.54) is 0 Å². The molecule has 110 valence electrons. The fourth-order valence-corrected chi connectivity index (χ4v) is 3.14. The Labute approximate surface area is 115 Å². The number of hydrogen-bond acceptors (Lipinski definition) is 5. The van der Waals surface area contributed by atoms with Gasteiger partial charge < -0.3 is 9.84 Å². The Bertz CT molecular complexity index is 489. The predicted molar refractivity (Wildman–Crippen MR) is 74.5 cm³/mol. The molecule has 0 saturated heterocycles. The Hall–Kier alpha value is -0.920. The average molecular weight is 289 g/mol. The minimum absolute atomic E-state index is 0.0545. The Morgan fingerprint density at radius 1 is 1.26 bits per heavy atom. The van der Waals surface area contributed by atoms with Crippen LogP contribution >= 0.6 is 0 Å². The quantitative estimate of drug-likeness (QED) is 0.789. The van der Waals surface area contributed by atoms with Crippen LogP contribution in [0.2, 0.25) is 0 Å². The lowest BCUT2D eigenvalue weighted by atomic mass is 10.1. The molecule has 0 aliphatic rings. The second kappa shape index (κ2) is 6.49. The highest BCUT2D eigenvalue weighted by Crippen LogP contribution is 2.21. The molecule has 1 aromatic rings. The molecule has 2 N–H and O–H groups in total. The maximum absolute atomic E-state index is 11.9. The van der Waals surface area contributed by atoms with Gasteiger partial charge in [-0.25, -0.2) is 13.1 Å². The van der Waals surface area contributed by atoms with E-state index in [1.54, 1.807) is 20.8 Å². The Kier molecular flexibility index (Phi) is 5.51. The average Bonchev–Trinajstić information content (AvgIpc) is 2.56. The Balaban J connectivity index is 2.63. The summed E-state index contributed by atoms with van der Waals surface area (Å²) in [4.78, 5) is 0. The van der Waals surface area contributed by atoms with E-state index in [2.05, 4.69) is 15.2 Å². The molecule has 0 aliphatic carbocycles. The number of sulfonamides is 1. The highest BCUT2D eigenvalue weighted by molar-refractivity contribution is 7.89. The Morgan fingerprint density at radius 2 is 1.89 bits per heavy atom. The zero-order valence-electron chi connectivity index (χ0n) is 12.1. The summed E-state index contributed by atoms with van der Waals surface area (Å²) in [6, 6.07) is -0.0644. The Morgan fingerprint density at radius 3 is 2.37 bits per heavy atom. The zero-order chi connectivity index (χ0) is 14.6. The summed E-state index contributed by atoms with van der Waals surface area (Å²) in [5.41, 5.74) is 1.52. The fraction of sp³-hybridized carbons (Fsp3) is 0.750. The van der Waals surface area contributed by atoms with Gasteiger partial charge in [-0.3, -0.25) is 0 Å². The number of aryl methyl sites for hydroxylation is 2. The van der Waals surface area contributed by atoms with E-state index in [4.69, 9.17) is 4.52 Å². The van der Waals surface area contributed by atoms with Gasteiger partial charge in [0.15, 0.2) is 0 Å². The van der Waals surface area contributed by atoms with Crippen LogP contribution in [0.3, 0.4) is 0 Å². The largest absolute Gasteiger partial charge is 0.361 e. The van der Waals surface area contributed by atoms with Gasteiger partial charge in [-0.2, -0.15) is 0 Å². The molecule has 1 atom stereocenters. The van der Waals surface area contributed by atoms with Crippen molar-refractivity contribution in [3.05, 3.63) is 17.0 Å². The molecule has 1 rings (SSSR count). The van der Waals surface area contributed by atoms with Crippen molar-refractivity contribution in [3.63, 3.8) is 0 Å². The van der Waals surface area contributed by atoms with E-state index in [0.717, 1.165) is 5.56 Å². The predicted octanol–water partition coefficient (Wildman–Crippen LogP) is 1.27. The van der Waals surface area contributed by atoms with Gasteiger partial charge in [0.05, 0.1) is 11.4 Å². The van der Waals surface area contributed by atoms with Crippen molar-refractivity contribution in [3.8, 4) is 0 Å². The third-order valence-electron chi connectivity index (χ3n) is 2.80. The lowest BCUT2D eigenvalue weighted by Crippen LogP contribution is -2.35. The number of hydrogen-bond donors (Lipinski definition) is 2. The van der Waals surface area contributed by atoms with Crippen LogP contribution in [0, 0.1) is 13.8 Å². The molecule has 0 radical (unpaired) electrons. The van der Waals surface area contributed by atoms with Gasteiger partial charge in [0.2, 0.25) is 10.0 Å². The van der Waals surface area contributed by atoms with Crippen molar-refractivity contribution >= 4 is 10.0 Å². The van der Waals surface area contributed by atoms with Gasteiger partial charge in [0.1, 0.15) is 5.76 Å². The normalized spacial score (nSPS) is 14.0. The molecular formula is C12H23N3O3S. The second-order valence-corrected chi connectivity index (χ2v) is 6.88. The molecule has 1 heterocycles. The first-order valence-electron chi connectivity index (χ1n) is 6.39. The molecule has 0 saturated carbocycles. The standard InChI is InChI=1S/C12H23N3O3S/c1-8(2)13-6-7-19(16,17)15-10(4)12-9(3)14-18-11(12)5/h8,10,13,15H,6-7H2,1-5H3. The van der Waals surface area contributed by atoms with Crippen LogP contribution in [-0.4, -0.2) is 31.9 Å². The van der Waals surface area contributed by atoms with Gasteiger partial charge in [0.25, 0.3) is 0 Å². The van der Waals surface area contributed by atoms with Crippen LogP contribution in [0.4, 0.5) is 0 Å². The summed E-state index contributed by atoms with van der Waals surface area (Å²) in [6.45, 7) is 9.76. The van der Waals surface area contributed by atoms with Gasteiger partial charge in [0, 0.05) is 24.2 Å². The first-order chi connectivity index (χ1) is 8.73. The topological polar surface area (TPSA) is 84.2 Å². The van der Waals surface area contributed by atoms with Crippen molar-refractivity contribution in [1.82, 2.24) is 15.2 Å². The smallest absolute Gasteiger partial charge is 0.213 e. The summed E-state index contributed by atoms with van der Waals surface area (Å²) < 4.78 is 31.6. The van der Waals surface area contributed by atoms with Crippen molar-refractivity contribution in [2.75, 3.05) is 12.3 Å². The van der Waals surface area contributed by atoms with Gasteiger partial charge in [-0.1, -0.05) is 19.0 Å². The molecular weight excluding hydrogens is 266 g/mol. The fourth-order valence-electron chi connectivity index (χ4n) is 1.98. The molecule has 0 aromatic carbocycles. The maximum atomic E-state index is 11.9. The maximum Gasteiger partial charge on any atom is 0.213 e. The van der Waals surface area contributed by atoms with Crippen LogP contribution in [0.15, 0.2) is 4.52 Å². The molecule has 0 bridgehead atoms. The summed E-state index contributed by atoms with van der Waals surface area (Å²) in [6.07, 6.45) is 0. The van der Waals surface area contributed by atoms with Crippen molar-refractivity contribution in [2.45, 2.75) is 46.7 Å². The molecule has 0 aliphatic heterocycles. The molecule has 0 spiro atoms.